The summed E-state index contributed by atoms with van der Waals surface area (Å²) in [5.41, 5.74) is 5.73. The van der Waals surface area contributed by atoms with Crippen molar-refractivity contribution < 1.29 is 9.53 Å². The molecule has 1 aromatic carbocycles. The SMILES string of the molecule is CC(Oc1ccc(Br)cc1)C(=O)NC1CCCC1CN.Cl. The molecule has 2 rings (SSSR count). The summed E-state index contributed by atoms with van der Waals surface area (Å²) in [4.78, 5) is 12.1. The van der Waals surface area contributed by atoms with Crippen LogP contribution < -0.4 is 15.8 Å². The first-order valence-corrected chi connectivity index (χ1v) is 7.82. The lowest BCUT2D eigenvalue weighted by Gasteiger charge is -2.22. The second-order valence-corrected chi connectivity index (χ2v) is 6.17. The van der Waals surface area contributed by atoms with Gasteiger partial charge in [0.25, 0.3) is 5.91 Å². The number of carbonyl (C=O) groups is 1. The predicted molar refractivity (Wildman–Crippen MR) is 89.8 cm³/mol. The van der Waals surface area contributed by atoms with Gasteiger partial charge in [-0.15, -0.1) is 12.4 Å². The van der Waals surface area contributed by atoms with Gasteiger partial charge in [-0.25, -0.2) is 0 Å². The van der Waals surface area contributed by atoms with E-state index in [0.717, 1.165) is 23.7 Å². The molecule has 1 amide bonds. The number of ether oxygens (including phenoxy) is 1. The third kappa shape index (κ3) is 5.16. The van der Waals surface area contributed by atoms with Gasteiger partial charge in [0.05, 0.1) is 0 Å². The van der Waals surface area contributed by atoms with Crippen molar-refractivity contribution in [2.24, 2.45) is 11.7 Å². The number of benzene rings is 1. The Morgan fingerprint density at radius 2 is 2.10 bits per heavy atom. The maximum absolute atomic E-state index is 12.1. The molecule has 6 heteroatoms. The summed E-state index contributed by atoms with van der Waals surface area (Å²) in [6.45, 7) is 2.40. The van der Waals surface area contributed by atoms with Gasteiger partial charge < -0.3 is 15.8 Å². The molecule has 3 atom stereocenters. The fourth-order valence-electron chi connectivity index (χ4n) is 2.58. The molecule has 0 aliphatic heterocycles. The number of amides is 1. The molecule has 4 nitrogen and oxygen atoms in total. The van der Waals surface area contributed by atoms with Crippen LogP contribution in [-0.2, 0) is 4.79 Å². The molecular weight excluding hydrogens is 356 g/mol. The standard InChI is InChI=1S/C15H21BrN2O2.ClH/c1-10(20-13-7-5-12(16)6-8-13)15(19)18-14-4-2-3-11(14)9-17;/h5-8,10-11,14H,2-4,9,17H2,1H3,(H,18,19);1H. The topological polar surface area (TPSA) is 64.3 Å². The summed E-state index contributed by atoms with van der Waals surface area (Å²) in [6, 6.07) is 7.66. The molecule has 0 aromatic heterocycles. The third-order valence-electron chi connectivity index (χ3n) is 3.79. The Labute approximate surface area is 140 Å². The van der Waals surface area contributed by atoms with Crippen LogP contribution in [0.2, 0.25) is 0 Å². The molecule has 0 radical (unpaired) electrons. The average Bonchev–Trinajstić information content (AvgIpc) is 2.88. The van der Waals surface area contributed by atoms with Crippen molar-refractivity contribution in [1.29, 1.82) is 0 Å². The van der Waals surface area contributed by atoms with E-state index < -0.39 is 6.10 Å². The van der Waals surface area contributed by atoms with Crippen LogP contribution in [0.5, 0.6) is 5.75 Å². The number of nitrogens with two attached hydrogens (primary N) is 1. The lowest BCUT2D eigenvalue weighted by molar-refractivity contribution is -0.128. The van der Waals surface area contributed by atoms with Crippen LogP contribution in [0.3, 0.4) is 0 Å². The summed E-state index contributed by atoms with van der Waals surface area (Å²) in [7, 11) is 0. The van der Waals surface area contributed by atoms with E-state index in [4.69, 9.17) is 10.5 Å². The minimum atomic E-state index is -0.504. The van der Waals surface area contributed by atoms with Gasteiger partial charge in [-0.3, -0.25) is 4.79 Å². The summed E-state index contributed by atoms with van der Waals surface area (Å²) >= 11 is 3.37. The summed E-state index contributed by atoms with van der Waals surface area (Å²) in [5.74, 6) is 1.02. The first-order chi connectivity index (χ1) is 9.60. The van der Waals surface area contributed by atoms with Crippen molar-refractivity contribution in [2.75, 3.05) is 6.54 Å². The minimum Gasteiger partial charge on any atom is -0.481 e. The van der Waals surface area contributed by atoms with Gasteiger partial charge in [-0.05, 0) is 56.5 Å². The molecule has 3 unspecified atom stereocenters. The molecule has 1 aliphatic carbocycles. The lowest BCUT2D eigenvalue weighted by Crippen LogP contribution is -2.45. The van der Waals surface area contributed by atoms with Crippen LogP contribution in [-0.4, -0.2) is 24.6 Å². The Bertz CT molecular complexity index is 455. The summed E-state index contributed by atoms with van der Waals surface area (Å²) < 4.78 is 6.63. The van der Waals surface area contributed by atoms with Crippen LogP contribution in [0, 0.1) is 5.92 Å². The van der Waals surface area contributed by atoms with Crippen LogP contribution in [0.25, 0.3) is 0 Å². The zero-order valence-corrected chi connectivity index (χ0v) is 14.5. The molecule has 0 spiro atoms. The van der Waals surface area contributed by atoms with E-state index in [9.17, 15) is 4.79 Å². The van der Waals surface area contributed by atoms with Crippen LogP contribution >= 0.6 is 28.3 Å². The summed E-state index contributed by atoms with van der Waals surface area (Å²) in [6.07, 6.45) is 2.74. The van der Waals surface area contributed by atoms with E-state index in [1.807, 2.05) is 24.3 Å². The quantitative estimate of drug-likeness (QED) is 0.829. The number of nitrogens with one attached hydrogen (secondary N) is 1. The molecule has 1 aliphatic rings. The molecular formula is C15H22BrClN2O2. The molecule has 118 valence electrons. The first-order valence-electron chi connectivity index (χ1n) is 7.03. The maximum atomic E-state index is 12.1. The minimum absolute atomic E-state index is 0. The zero-order valence-electron chi connectivity index (χ0n) is 12.0. The van der Waals surface area contributed by atoms with Gasteiger partial charge in [0.2, 0.25) is 0 Å². The number of halogens is 2. The molecule has 0 heterocycles. The Morgan fingerprint density at radius 1 is 1.43 bits per heavy atom. The van der Waals surface area contributed by atoms with E-state index in [2.05, 4.69) is 21.2 Å². The van der Waals surface area contributed by atoms with Crippen molar-refractivity contribution in [3.63, 3.8) is 0 Å². The molecule has 3 N–H and O–H groups in total. The van der Waals surface area contributed by atoms with E-state index in [1.54, 1.807) is 6.92 Å². The first kappa shape index (κ1) is 18.3. The second kappa shape index (κ2) is 8.61. The predicted octanol–water partition coefficient (Wildman–Crippen LogP) is 2.88. The van der Waals surface area contributed by atoms with Crippen LogP contribution in [0.1, 0.15) is 26.2 Å². The molecule has 21 heavy (non-hydrogen) atoms. The molecule has 1 fully saturated rings. The summed E-state index contributed by atoms with van der Waals surface area (Å²) in [5, 5.41) is 3.06. The lowest BCUT2D eigenvalue weighted by atomic mass is 10.0. The van der Waals surface area contributed by atoms with Crippen molar-refractivity contribution in [3.05, 3.63) is 28.7 Å². The van der Waals surface area contributed by atoms with E-state index in [1.165, 1.54) is 0 Å². The average molecular weight is 378 g/mol. The Kier molecular flexibility index (Phi) is 7.49. The van der Waals surface area contributed by atoms with Gasteiger partial charge in [0.1, 0.15) is 5.75 Å². The van der Waals surface area contributed by atoms with Gasteiger partial charge >= 0.3 is 0 Å². The number of rotatable bonds is 5. The third-order valence-corrected chi connectivity index (χ3v) is 4.31. The van der Waals surface area contributed by atoms with E-state index in [0.29, 0.717) is 18.2 Å². The molecule has 1 aromatic rings. The van der Waals surface area contributed by atoms with Crippen LogP contribution in [0.15, 0.2) is 28.7 Å². The van der Waals surface area contributed by atoms with Crippen molar-refractivity contribution in [1.82, 2.24) is 5.32 Å². The number of hydrogen-bond donors (Lipinski definition) is 2. The smallest absolute Gasteiger partial charge is 0.261 e. The van der Waals surface area contributed by atoms with Crippen molar-refractivity contribution in [3.8, 4) is 5.75 Å². The van der Waals surface area contributed by atoms with E-state index >= 15 is 0 Å². The highest BCUT2D eigenvalue weighted by molar-refractivity contribution is 9.10. The van der Waals surface area contributed by atoms with Crippen molar-refractivity contribution in [2.45, 2.75) is 38.3 Å². The van der Waals surface area contributed by atoms with Crippen LogP contribution in [0.4, 0.5) is 0 Å². The highest BCUT2D eigenvalue weighted by Crippen LogP contribution is 2.25. The Morgan fingerprint density at radius 3 is 2.71 bits per heavy atom. The monoisotopic (exact) mass is 376 g/mol. The fourth-order valence-corrected chi connectivity index (χ4v) is 2.84. The van der Waals surface area contributed by atoms with Gasteiger partial charge in [0.15, 0.2) is 6.10 Å². The zero-order chi connectivity index (χ0) is 14.5. The highest BCUT2D eigenvalue weighted by Gasteiger charge is 2.29. The second-order valence-electron chi connectivity index (χ2n) is 5.26. The van der Waals surface area contributed by atoms with E-state index in [-0.39, 0.29) is 24.4 Å². The molecule has 1 saturated carbocycles. The fraction of sp³-hybridized carbons (Fsp3) is 0.533. The van der Waals surface area contributed by atoms with Gasteiger partial charge in [-0.2, -0.15) is 0 Å². The number of hydrogen-bond acceptors (Lipinski definition) is 3. The van der Waals surface area contributed by atoms with Gasteiger partial charge in [-0.1, -0.05) is 22.4 Å². The highest BCUT2D eigenvalue weighted by atomic mass is 79.9. The maximum Gasteiger partial charge on any atom is 0.261 e. The van der Waals surface area contributed by atoms with Gasteiger partial charge in [0, 0.05) is 10.5 Å². The largest absolute Gasteiger partial charge is 0.481 e. The number of carbonyl (C=O) groups excluding carboxylic acids is 1. The molecule has 0 bridgehead atoms. The normalized spacial score (nSPS) is 22.2. The molecule has 0 saturated heterocycles. The Balaban J connectivity index is 0.00000220. The Hall–Kier alpha value is -0.780. The van der Waals surface area contributed by atoms with Crippen molar-refractivity contribution >= 4 is 34.2 Å².